The van der Waals surface area contributed by atoms with Gasteiger partial charge in [0, 0.05) is 24.5 Å². The summed E-state index contributed by atoms with van der Waals surface area (Å²) in [6.07, 6.45) is 4.56. The summed E-state index contributed by atoms with van der Waals surface area (Å²) in [5.74, 6) is -0.840. The van der Waals surface area contributed by atoms with Crippen LogP contribution in [0.2, 0.25) is 0 Å². The third kappa shape index (κ3) is 3.38. The molecule has 0 amide bonds. The fourth-order valence-corrected chi connectivity index (χ4v) is 4.04. The Bertz CT molecular complexity index is 717. The first-order chi connectivity index (χ1) is 12.0. The van der Waals surface area contributed by atoms with Gasteiger partial charge in [-0.3, -0.25) is 0 Å². The second-order valence-corrected chi connectivity index (χ2v) is 7.51. The zero-order valence-corrected chi connectivity index (χ0v) is 15.9. The largest absolute Gasteiger partial charge is 0.362 e. The molecule has 0 aliphatic heterocycles. The summed E-state index contributed by atoms with van der Waals surface area (Å²) in [5, 5.41) is 11.0. The van der Waals surface area contributed by atoms with Gasteiger partial charge in [-0.25, -0.2) is 0 Å². The maximum atomic E-state index is 11.0. The zero-order valence-electron chi connectivity index (χ0n) is 15.9. The summed E-state index contributed by atoms with van der Waals surface area (Å²) in [6, 6.07) is 15.4. The molecule has 2 aromatic carbocycles. The van der Waals surface area contributed by atoms with Crippen LogP contribution in [0.3, 0.4) is 0 Å². The SMILES string of the molecule is CCc1ccc(C2CCCc3ccc(C(O)(OC)C(C)C)cc32)cc1. The smallest absolute Gasteiger partial charge is 0.194 e. The minimum absolute atomic E-state index is 0.0126. The van der Waals surface area contributed by atoms with Crippen molar-refractivity contribution in [1.29, 1.82) is 0 Å². The summed E-state index contributed by atoms with van der Waals surface area (Å²) >= 11 is 0. The number of benzene rings is 2. The fraction of sp³-hybridized carbons (Fsp3) is 0.478. The molecule has 25 heavy (non-hydrogen) atoms. The van der Waals surface area contributed by atoms with Crippen molar-refractivity contribution in [1.82, 2.24) is 0 Å². The van der Waals surface area contributed by atoms with E-state index in [0.717, 1.165) is 24.8 Å². The normalized spacial score (nSPS) is 19.5. The van der Waals surface area contributed by atoms with Gasteiger partial charge in [0.1, 0.15) is 0 Å². The van der Waals surface area contributed by atoms with Crippen LogP contribution < -0.4 is 0 Å². The molecule has 0 heterocycles. The van der Waals surface area contributed by atoms with Crippen molar-refractivity contribution < 1.29 is 9.84 Å². The van der Waals surface area contributed by atoms with Crippen LogP contribution in [0.4, 0.5) is 0 Å². The van der Waals surface area contributed by atoms with E-state index in [0.29, 0.717) is 5.92 Å². The lowest BCUT2D eigenvalue weighted by Crippen LogP contribution is -2.34. The zero-order chi connectivity index (χ0) is 18.0. The van der Waals surface area contributed by atoms with Crippen molar-refractivity contribution in [2.45, 2.75) is 58.2 Å². The molecule has 1 N–H and O–H groups in total. The Morgan fingerprint density at radius 2 is 1.88 bits per heavy atom. The van der Waals surface area contributed by atoms with Gasteiger partial charge in [-0.15, -0.1) is 0 Å². The van der Waals surface area contributed by atoms with Gasteiger partial charge in [0.05, 0.1) is 0 Å². The molecule has 0 bridgehead atoms. The molecule has 134 valence electrons. The topological polar surface area (TPSA) is 29.5 Å². The van der Waals surface area contributed by atoms with Gasteiger partial charge in [-0.05, 0) is 54.0 Å². The van der Waals surface area contributed by atoms with E-state index in [4.69, 9.17) is 4.74 Å². The molecule has 3 rings (SSSR count). The molecule has 2 nitrogen and oxygen atoms in total. The molecule has 1 aliphatic carbocycles. The van der Waals surface area contributed by atoms with Crippen LogP contribution in [0.15, 0.2) is 42.5 Å². The quantitative estimate of drug-likeness (QED) is 0.763. The molecular formula is C23H30O2. The maximum Gasteiger partial charge on any atom is 0.194 e. The van der Waals surface area contributed by atoms with Gasteiger partial charge in [0.2, 0.25) is 0 Å². The Hall–Kier alpha value is -1.64. The lowest BCUT2D eigenvalue weighted by Gasteiger charge is -2.33. The van der Waals surface area contributed by atoms with Crippen molar-refractivity contribution in [3.8, 4) is 0 Å². The molecule has 0 radical (unpaired) electrons. The summed E-state index contributed by atoms with van der Waals surface area (Å²) in [5.41, 5.74) is 6.37. The Balaban J connectivity index is 2.03. The van der Waals surface area contributed by atoms with Crippen LogP contribution in [0.1, 0.15) is 67.3 Å². The number of aliphatic hydroxyl groups is 1. The predicted octanol–water partition coefficient (Wildman–Crippen LogP) is 5.16. The van der Waals surface area contributed by atoms with Crippen molar-refractivity contribution in [3.05, 3.63) is 70.3 Å². The van der Waals surface area contributed by atoms with Gasteiger partial charge in [-0.1, -0.05) is 57.2 Å². The summed E-state index contributed by atoms with van der Waals surface area (Å²) in [4.78, 5) is 0. The first-order valence-electron chi connectivity index (χ1n) is 9.49. The second-order valence-electron chi connectivity index (χ2n) is 7.51. The average molecular weight is 338 g/mol. The highest BCUT2D eigenvalue weighted by atomic mass is 16.6. The van der Waals surface area contributed by atoms with Crippen molar-refractivity contribution >= 4 is 0 Å². The van der Waals surface area contributed by atoms with Crippen LogP contribution in [-0.4, -0.2) is 12.2 Å². The van der Waals surface area contributed by atoms with Crippen LogP contribution in [-0.2, 0) is 23.4 Å². The van der Waals surface area contributed by atoms with E-state index in [-0.39, 0.29) is 5.92 Å². The van der Waals surface area contributed by atoms with Crippen LogP contribution in [0.25, 0.3) is 0 Å². The molecule has 2 atom stereocenters. The van der Waals surface area contributed by atoms with Crippen LogP contribution in [0.5, 0.6) is 0 Å². The average Bonchev–Trinajstić information content (AvgIpc) is 2.66. The van der Waals surface area contributed by atoms with E-state index in [1.54, 1.807) is 7.11 Å². The molecule has 0 fully saturated rings. The Kier molecular flexibility index (Phi) is 5.31. The maximum absolute atomic E-state index is 11.0. The van der Waals surface area contributed by atoms with E-state index >= 15 is 0 Å². The number of aryl methyl sites for hydroxylation is 2. The molecule has 0 saturated heterocycles. The monoisotopic (exact) mass is 338 g/mol. The standard InChI is InChI=1S/C23H30O2/c1-5-17-9-11-19(12-10-17)21-8-6-7-18-13-14-20(15-22(18)21)23(24,25-4)16(2)3/h9-16,21,24H,5-8H2,1-4H3. The number of fused-ring (bicyclic) bond motifs is 1. The highest BCUT2D eigenvalue weighted by molar-refractivity contribution is 5.44. The van der Waals surface area contributed by atoms with Gasteiger partial charge >= 0.3 is 0 Å². The first kappa shape index (κ1) is 18.2. The van der Waals surface area contributed by atoms with Crippen LogP contribution in [0, 0.1) is 5.92 Å². The second kappa shape index (κ2) is 7.31. The molecule has 0 saturated carbocycles. The highest BCUT2D eigenvalue weighted by Gasteiger charge is 2.34. The third-order valence-corrected chi connectivity index (χ3v) is 5.76. The highest BCUT2D eigenvalue weighted by Crippen LogP contribution is 2.40. The Morgan fingerprint density at radius 1 is 1.16 bits per heavy atom. The van der Waals surface area contributed by atoms with E-state index < -0.39 is 5.79 Å². The van der Waals surface area contributed by atoms with E-state index in [1.807, 2.05) is 19.9 Å². The molecule has 0 aromatic heterocycles. The van der Waals surface area contributed by atoms with Gasteiger partial charge in [0.25, 0.3) is 0 Å². The summed E-state index contributed by atoms with van der Waals surface area (Å²) in [7, 11) is 1.58. The van der Waals surface area contributed by atoms with Gasteiger partial charge in [0.15, 0.2) is 5.79 Å². The molecule has 1 aliphatic rings. The predicted molar refractivity (Wildman–Crippen MR) is 103 cm³/mol. The molecule has 2 aromatic rings. The van der Waals surface area contributed by atoms with Gasteiger partial charge < -0.3 is 9.84 Å². The number of hydrogen-bond donors (Lipinski definition) is 1. The lowest BCUT2D eigenvalue weighted by molar-refractivity contribution is -0.223. The molecule has 0 spiro atoms. The van der Waals surface area contributed by atoms with E-state index in [1.165, 1.54) is 28.7 Å². The first-order valence-corrected chi connectivity index (χ1v) is 9.49. The van der Waals surface area contributed by atoms with E-state index in [2.05, 4.69) is 43.3 Å². The Morgan fingerprint density at radius 3 is 2.48 bits per heavy atom. The minimum Gasteiger partial charge on any atom is -0.362 e. The Labute approximate surface area is 151 Å². The molecule has 2 heteroatoms. The van der Waals surface area contributed by atoms with Crippen molar-refractivity contribution in [2.75, 3.05) is 7.11 Å². The van der Waals surface area contributed by atoms with Crippen molar-refractivity contribution in [3.63, 3.8) is 0 Å². The van der Waals surface area contributed by atoms with E-state index in [9.17, 15) is 5.11 Å². The number of methoxy groups -OCH3 is 1. The fourth-order valence-electron chi connectivity index (χ4n) is 4.04. The summed E-state index contributed by atoms with van der Waals surface area (Å²) < 4.78 is 5.50. The molecule has 2 unspecified atom stereocenters. The number of ether oxygens (including phenoxy) is 1. The lowest BCUT2D eigenvalue weighted by atomic mass is 9.77. The van der Waals surface area contributed by atoms with Crippen LogP contribution >= 0.6 is 0 Å². The number of hydrogen-bond acceptors (Lipinski definition) is 2. The molecular weight excluding hydrogens is 308 g/mol. The third-order valence-electron chi connectivity index (χ3n) is 5.76. The number of rotatable bonds is 5. The van der Waals surface area contributed by atoms with Crippen molar-refractivity contribution in [2.24, 2.45) is 5.92 Å². The van der Waals surface area contributed by atoms with Gasteiger partial charge in [-0.2, -0.15) is 0 Å². The minimum atomic E-state index is -1.23. The summed E-state index contributed by atoms with van der Waals surface area (Å²) in [6.45, 7) is 6.17.